The van der Waals surface area contributed by atoms with Crippen molar-refractivity contribution in [3.63, 3.8) is 0 Å². The summed E-state index contributed by atoms with van der Waals surface area (Å²) in [5, 5.41) is 0.0643. The molecule has 108 valence electrons. The molecular weight excluding hydrogens is 318 g/mol. The van der Waals surface area contributed by atoms with Crippen LogP contribution in [-0.2, 0) is 10.0 Å². The molecule has 0 saturated heterocycles. The van der Waals surface area contributed by atoms with Crippen LogP contribution in [0.2, 0.25) is 0 Å². The van der Waals surface area contributed by atoms with Gasteiger partial charge < -0.3 is 0 Å². The first-order valence-corrected chi connectivity index (χ1v) is 9.08. The van der Waals surface area contributed by atoms with E-state index >= 15 is 0 Å². The van der Waals surface area contributed by atoms with Gasteiger partial charge in [-0.15, -0.1) is 11.6 Å². The molecule has 2 unspecified atom stereocenters. The smallest absolute Gasteiger partial charge is 0.211 e. The number of halogens is 1. The lowest BCUT2D eigenvalue weighted by atomic mass is 10.1. The molecule has 20 heavy (non-hydrogen) atoms. The minimum atomic E-state index is -3.57. The van der Waals surface area contributed by atoms with E-state index in [2.05, 4.69) is 13.5 Å². The van der Waals surface area contributed by atoms with E-state index in [1.165, 1.54) is 0 Å². The van der Waals surface area contributed by atoms with E-state index in [1.807, 2.05) is 0 Å². The van der Waals surface area contributed by atoms with E-state index in [9.17, 15) is 8.42 Å². The van der Waals surface area contributed by atoms with Gasteiger partial charge in [0.1, 0.15) is 15.9 Å². The number of hydrogen-bond donors (Lipinski definition) is 1. The molecule has 0 aliphatic heterocycles. The Morgan fingerprint density at radius 2 is 2.20 bits per heavy atom. The molecule has 0 spiro atoms. The minimum Gasteiger partial charge on any atom is -0.211 e. The maximum atomic E-state index is 12.4. The second-order valence-electron chi connectivity index (χ2n) is 4.95. The van der Waals surface area contributed by atoms with E-state index < -0.39 is 10.0 Å². The van der Waals surface area contributed by atoms with Gasteiger partial charge in [0.05, 0.1) is 11.7 Å². The summed E-state index contributed by atoms with van der Waals surface area (Å²) in [5.74, 6) is 0.208. The van der Waals surface area contributed by atoms with Gasteiger partial charge in [-0.05, 0) is 30.9 Å². The molecule has 5 nitrogen and oxygen atoms in total. The monoisotopic (exact) mass is 331 g/mol. The summed E-state index contributed by atoms with van der Waals surface area (Å²) in [6, 6.07) is 4.99. The maximum absolute atomic E-state index is 12.4. The molecule has 1 aromatic carbocycles. The summed E-state index contributed by atoms with van der Waals surface area (Å²) in [6.07, 6.45) is 2.99. The Bertz CT molecular complexity index is 716. The lowest BCUT2D eigenvalue weighted by Gasteiger charge is -2.14. The normalized spacial score (nSPS) is 23.4. The zero-order chi connectivity index (χ0) is 14.2. The van der Waals surface area contributed by atoms with Crippen molar-refractivity contribution in [3.8, 4) is 0 Å². The summed E-state index contributed by atoms with van der Waals surface area (Å²) in [5.41, 5.74) is 1.04. The standard InChI is InChI=1S/C12H14ClN3O2S2/c13-9-4-1-3-8(9)7-14-20(17,18)11-6-2-5-10-12(11)16-19-15-10/h2,5-6,8-9,14H,1,3-4,7H2. The van der Waals surface area contributed by atoms with Crippen molar-refractivity contribution in [3.05, 3.63) is 18.2 Å². The predicted molar refractivity (Wildman–Crippen MR) is 79.6 cm³/mol. The van der Waals surface area contributed by atoms with Gasteiger partial charge in [0.15, 0.2) is 0 Å². The van der Waals surface area contributed by atoms with Crippen molar-refractivity contribution in [2.75, 3.05) is 6.54 Å². The molecule has 1 N–H and O–H groups in total. The Labute approximate surface area is 126 Å². The maximum Gasteiger partial charge on any atom is 0.242 e. The van der Waals surface area contributed by atoms with Gasteiger partial charge in [-0.2, -0.15) is 8.75 Å². The number of benzene rings is 1. The van der Waals surface area contributed by atoms with Crippen LogP contribution in [0.3, 0.4) is 0 Å². The fourth-order valence-corrected chi connectivity index (χ4v) is 4.74. The molecule has 1 fully saturated rings. The van der Waals surface area contributed by atoms with Crippen LogP contribution in [-0.4, -0.2) is 29.1 Å². The highest BCUT2D eigenvalue weighted by Crippen LogP contribution is 2.30. The second kappa shape index (κ2) is 5.55. The first-order chi connectivity index (χ1) is 9.58. The summed E-state index contributed by atoms with van der Waals surface area (Å²) >= 11 is 7.19. The Balaban J connectivity index is 1.83. The van der Waals surface area contributed by atoms with Crippen molar-refractivity contribution in [2.24, 2.45) is 5.92 Å². The van der Waals surface area contributed by atoms with Crippen molar-refractivity contribution in [2.45, 2.75) is 29.5 Å². The number of hydrogen-bond acceptors (Lipinski definition) is 5. The second-order valence-corrected chi connectivity index (χ2v) is 7.77. The minimum absolute atomic E-state index is 0.0643. The number of aromatic nitrogens is 2. The van der Waals surface area contributed by atoms with Gasteiger partial charge in [0.25, 0.3) is 0 Å². The molecule has 1 aliphatic carbocycles. The third kappa shape index (κ3) is 2.67. The predicted octanol–water partition coefficient (Wildman–Crippen LogP) is 2.38. The number of nitrogens with zero attached hydrogens (tertiary/aromatic N) is 2. The van der Waals surface area contributed by atoms with E-state index in [4.69, 9.17) is 11.6 Å². The van der Waals surface area contributed by atoms with E-state index in [-0.39, 0.29) is 16.2 Å². The van der Waals surface area contributed by atoms with Crippen molar-refractivity contribution >= 4 is 44.4 Å². The molecule has 2 aromatic rings. The molecule has 1 aromatic heterocycles. The largest absolute Gasteiger partial charge is 0.242 e. The zero-order valence-corrected chi connectivity index (χ0v) is 13.0. The van der Waals surface area contributed by atoms with Crippen molar-refractivity contribution in [1.29, 1.82) is 0 Å². The molecule has 8 heteroatoms. The van der Waals surface area contributed by atoms with Gasteiger partial charge in [-0.25, -0.2) is 13.1 Å². The molecule has 0 amide bonds. The summed E-state index contributed by atoms with van der Waals surface area (Å²) < 4.78 is 35.6. The van der Waals surface area contributed by atoms with Crippen LogP contribution in [0.1, 0.15) is 19.3 Å². The number of fused-ring (bicyclic) bond motifs is 1. The van der Waals surface area contributed by atoms with Gasteiger partial charge in [-0.1, -0.05) is 12.5 Å². The van der Waals surface area contributed by atoms with Crippen LogP contribution in [0.5, 0.6) is 0 Å². The van der Waals surface area contributed by atoms with Gasteiger partial charge in [0, 0.05) is 11.9 Å². The number of alkyl halides is 1. The fourth-order valence-electron chi connectivity index (χ4n) is 2.51. The highest BCUT2D eigenvalue weighted by molar-refractivity contribution is 7.89. The molecule has 0 radical (unpaired) electrons. The van der Waals surface area contributed by atoms with Gasteiger partial charge in [0.2, 0.25) is 10.0 Å². The fraction of sp³-hybridized carbons (Fsp3) is 0.500. The van der Waals surface area contributed by atoms with Crippen molar-refractivity contribution in [1.82, 2.24) is 13.5 Å². The summed E-state index contributed by atoms with van der Waals surface area (Å²) in [6.45, 7) is 0.379. The number of nitrogens with one attached hydrogen (secondary N) is 1. The van der Waals surface area contributed by atoms with E-state index in [0.717, 1.165) is 31.0 Å². The van der Waals surface area contributed by atoms with Crippen molar-refractivity contribution < 1.29 is 8.42 Å². The SMILES string of the molecule is O=S(=O)(NCC1CCCC1Cl)c1cccc2nsnc12. The van der Waals surface area contributed by atoms with Crippen LogP contribution in [0.25, 0.3) is 11.0 Å². The number of sulfonamides is 1. The van der Waals surface area contributed by atoms with Crippen LogP contribution in [0, 0.1) is 5.92 Å². The highest BCUT2D eigenvalue weighted by Gasteiger charge is 2.27. The number of rotatable bonds is 4. The molecule has 2 atom stereocenters. The molecule has 3 rings (SSSR count). The quantitative estimate of drug-likeness (QED) is 0.873. The third-order valence-corrected chi connectivity index (χ3v) is 6.21. The third-order valence-electron chi connectivity index (χ3n) is 3.64. The topological polar surface area (TPSA) is 72.0 Å². The molecular formula is C12H14ClN3O2S2. The van der Waals surface area contributed by atoms with Gasteiger partial charge >= 0.3 is 0 Å². The Kier molecular flexibility index (Phi) is 3.94. The summed E-state index contributed by atoms with van der Waals surface area (Å²) in [4.78, 5) is 0.188. The highest BCUT2D eigenvalue weighted by atomic mass is 35.5. The molecule has 1 saturated carbocycles. The lowest BCUT2D eigenvalue weighted by Crippen LogP contribution is -2.31. The first kappa shape index (κ1) is 14.2. The molecule has 0 bridgehead atoms. The Hall–Kier alpha value is -0.760. The average molecular weight is 332 g/mol. The zero-order valence-electron chi connectivity index (χ0n) is 10.6. The Morgan fingerprint density at radius 1 is 1.35 bits per heavy atom. The van der Waals surface area contributed by atoms with Crippen LogP contribution >= 0.6 is 23.3 Å². The van der Waals surface area contributed by atoms with E-state index in [1.54, 1.807) is 18.2 Å². The van der Waals surface area contributed by atoms with E-state index in [0.29, 0.717) is 17.6 Å². The average Bonchev–Trinajstić information content (AvgIpc) is 3.04. The molecule has 1 aliphatic rings. The van der Waals surface area contributed by atoms with Crippen LogP contribution in [0.15, 0.2) is 23.1 Å². The lowest BCUT2D eigenvalue weighted by molar-refractivity contribution is 0.524. The van der Waals surface area contributed by atoms with Gasteiger partial charge in [-0.3, -0.25) is 0 Å². The summed E-state index contributed by atoms with van der Waals surface area (Å²) in [7, 11) is -3.57. The van der Waals surface area contributed by atoms with Crippen LogP contribution < -0.4 is 4.72 Å². The first-order valence-electron chi connectivity index (χ1n) is 6.43. The van der Waals surface area contributed by atoms with Crippen LogP contribution in [0.4, 0.5) is 0 Å². The Morgan fingerprint density at radius 3 is 2.95 bits per heavy atom. The molecule has 1 heterocycles.